The first kappa shape index (κ1) is 15.5. The van der Waals surface area contributed by atoms with Crippen LogP contribution in [0.5, 0.6) is 0 Å². The predicted octanol–water partition coefficient (Wildman–Crippen LogP) is 1.79. The van der Waals surface area contributed by atoms with E-state index in [0.717, 1.165) is 5.82 Å². The average molecular weight is 308 g/mol. The highest BCUT2D eigenvalue weighted by Gasteiger charge is 2.10. The molecular weight excluding hydrogens is 291 g/mol. The fourth-order valence-corrected chi connectivity index (χ4v) is 2.44. The molecule has 0 saturated carbocycles. The van der Waals surface area contributed by atoms with Gasteiger partial charge in [0.2, 0.25) is 0 Å². The first-order valence-electron chi connectivity index (χ1n) is 6.50. The Morgan fingerprint density at radius 2 is 2.29 bits per heavy atom. The molecule has 1 aromatic heterocycles. The Morgan fingerprint density at radius 1 is 1.48 bits per heavy atom. The second-order valence-electron chi connectivity index (χ2n) is 4.60. The average Bonchev–Trinajstić information content (AvgIpc) is 2.87. The number of thioether (sulfide) groups is 1. The Labute approximate surface area is 127 Å². The van der Waals surface area contributed by atoms with Crippen LogP contribution in [0.2, 0.25) is 0 Å². The van der Waals surface area contributed by atoms with Crippen molar-refractivity contribution in [1.29, 1.82) is 0 Å². The monoisotopic (exact) mass is 308 g/mol. The molecule has 1 aromatic carbocycles. The minimum absolute atomic E-state index is 0.209. The minimum Gasteiger partial charge on any atom is -0.352 e. The van der Waals surface area contributed by atoms with Gasteiger partial charge in [0, 0.05) is 31.3 Å². The quantitative estimate of drug-likeness (QED) is 0.884. The number of aromatic nitrogens is 3. The van der Waals surface area contributed by atoms with E-state index < -0.39 is 0 Å². The number of benzene rings is 1. The van der Waals surface area contributed by atoms with Crippen LogP contribution in [0.25, 0.3) is 0 Å². The number of amides is 1. The molecule has 0 aliphatic carbocycles. The standard InChI is InChI=1S/C14H17FN4OS/c1-19-9-17-18-13(19)5-6-16-14(20)10-3-4-12(15)11(7-10)8-21-2/h3-4,7,9H,5-6,8H2,1-2H3,(H,16,20). The van der Waals surface area contributed by atoms with Crippen LogP contribution in [0.4, 0.5) is 4.39 Å². The fourth-order valence-electron chi connectivity index (χ4n) is 1.91. The summed E-state index contributed by atoms with van der Waals surface area (Å²) in [5.41, 5.74) is 1.02. The van der Waals surface area contributed by atoms with Crippen molar-refractivity contribution in [2.75, 3.05) is 12.8 Å². The van der Waals surface area contributed by atoms with E-state index in [4.69, 9.17) is 0 Å². The van der Waals surface area contributed by atoms with E-state index in [1.807, 2.05) is 13.3 Å². The maximum absolute atomic E-state index is 13.5. The van der Waals surface area contributed by atoms with Gasteiger partial charge in [-0.25, -0.2) is 4.39 Å². The van der Waals surface area contributed by atoms with Crippen molar-refractivity contribution in [3.8, 4) is 0 Å². The van der Waals surface area contributed by atoms with Gasteiger partial charge >= 0.3 is 0 Å². The number of aryl methyl sites for hydroxylation is 1. The SMILES string of the molecule is CSCc1cc(C(=O)NCCc2nncn2C)ccc1F. The molecule has 1 heterocycles. The summed E-state index contributed by atoms with van der Waals surface area (Å²) >= 11 is 1.52. The zero-order chi connectivity index (χ0) is 15.2. The molecule has 2 rings (SSSR count). The highest BCUT2D eigenvalue weighted by Crippen LogP contribution is 2.15. The van der Waals surface area contributed by atoms with Crippen LogP contribution < -0.4 is 5.32 Å². The van der Waals surface area contributed by atoms with Crippen LogP contribution in [-0.2, 0) is 19.2 Å². The maximum Gasteiger partial charge on any atom is 0.251 e. The molecule has 0 unspecified atom stereocenters. The molecule has 0 spiro atoms. The molecule has 2 aromatic rings. The van der Waals surface area contributed by atoms with Crippen molar-refractivity contribution in [3.63, 3.8) is 0 Å². The Bertz CT molecular complexity index is 629. The molecule has 0 aliphatic heterocycles. The number of hydrogen-bond acceptors (Lipinski definition) is 4. The van der Waals surface area contributed by atoms with E-state index in [2.05, 4.69) is 15.5 Å². The van der Waals surface area contributed by atoms with E-state index >= 15 is 0 Å². The van der Waals surface area contributed by atoms with Crippen LogP contribution >= 0.6 is 11.8 Å². The summed E-state index contributed by atoms with van der Waals surface area (Å²) in [5, 5.41) is 10.5. The maximum atomic E-state index is 13.5. The van der Waals surface area contributed by atoms with E-state index in [1.54, 1.807) is 17.0 Å². The summed E-state index contributed by atoms with van der Waals surface area (Å²) in [4.78, 5) is 12.0. The molecule has 112 valence electrons. The van der Waals surface area contributed by atoms with Gasteiger partial charge in [-0.3, -0.25) is 4.79 Å². The predicted molar refractivity (Wildman–Crippen MR) is 80.7 cm³/mol. The molecule has 1 amide bonds. The van der Waals surface area contributed by atoms with Gasteiger partial charge in [-0.05, 0) is 30.0 Å². The Balaban J connectivity index is 1.94. The molecule has 21 heavy (non-hydrogen) atoms. The lowest BCUT2D eigenvalue weighted by Crippen LogP contribution is -2.26. The number of nitrogens with zero attached hydrogens (tertiary/aromatic N) is 3. The lowest BCUT2D eigenvalue weighted by molar-refractivity contribution is 0.0953. The summed E-state index contributed by atoms with van der Waals surface area (Å²) in [6.07, 6.45) is 4.11. The second kappa shape index (κ2) is 7.21. The van der Waals surface area contributed by atoms with Crippen LogP contribution in [0.15, 0.2) is 24.5 Å². The van der Waals surface area contributed by atoms with Crippen LogP contribution in [0, 0.1) is 5.82 Å². The Morgan fingerprint density at radius 3 is 2.95 bits per heavy atom. The molecule has 7 heteroatoms. The summed E-state index contributed by atoms with van der Waals surface area (Å²) in [6, 6.07) is 4.43. The van der Waals surface area contributed by atoms with Crippen LogP contribution in [-0.4, -0.2) is 33.5 Å². The summed E-state index contributed by atoms with van der Waals surface area (Å²) < 4.78 is 15.3. The molecule has 0 atom stereocenters. The highest BCUT2D eigenvalue weighted by atomic mass is 32.2. The molecule has 1 N–H and O–H groups in total. The zero-order valence-electron chi connectivity index (χ0n) is 12.0. The number of rotatable bonds is 6. The smallest absolute Gasteiger partial charge is 0.251 e. The van der Waals surface area contributed by atoms with Crippen molar-refractivity contribution < 1.29 is 9.18 Å². The van der Waals surface area contributed by atoms with Gasteiger partial charge in [0.05, 0.1) is 0 Å². The van der Waals surface area contributed by atoms with Crippen molar-refractivity contribution >= 4 is 17.7 Å². The van der Waals surface area contributed by atoms with Crippen LogP contribution in [0.1, 0.15) is 21.7 Å². The summed E-state index contributed by atoms with van der Waals surface area (Å²) in [5.74, 6) is 0.864. The van der Waals surface area contributed by atoms with Crippen molar-refractivity contribution in [2.45, 2.75) is 12.2 Å². The summed E-state index contributed by atoms with van der Waals surface area (Å²) in [6.45, 7) is 0.459. The van der Waals surface area contributed by atoms with Gasteiger partial charge < -0.3 is 9.88 Å². The second-order valence-corrected chi connectivity index (χ2v) is 5.47. The molecule has 0 aliphatic rings. The van der Waals surface area contributed by atoms with Crippen molar-refractivity contribution in [3.05, 3.63) is 47.3 Å². The van der Waals surface area contributed by atoms with Crippen LogP contribution in [0.3, 0.4) is 0 Å². The van der Waals surface area contributed by atoms with Gasteiger partial charge in [-0.2, -0.15) is 11.8 Å². The fraction of sp³-hybridized carbons (Fsp3) is 0.357. The van der Waals surface area contributed by atoms with E-state index in [9.17, 15) is 9.18 Å². The van der Waals surface area contributed by atoms with Crippen molar-refractivity contribution in [1.82, 2.24) is 20.1 Å². The largest absolute Gasteiger partial charge is 0.352 e. The number of carbonyl (C=O) groups is 1. The van der Waals surface area contributed by atoms with E-state index in [1.165, 1.54) is 23.9 Å². The van der Waals surface area contributed by atoms with Gasteiger partial charge in [0.1, 0.15) is 18.0 Å². The topological polar surface area (TPSA) is 59.8 Å². The van der Waals surface area contributed by atoms with E-state index in [-0.39, 0.29) is 11.7 Å². The minimum atomic E-state index is -0.278. The molecule has 0 bridgehead atoms. The van der Waals surface area contributed by atoms with E-state index in [0.29, 0.717) is 29.8 Å². The first-order valence-corrected chi connectivity index (χ1v) is 7.89. The Kier molecular flexibility index (Phi) is 5.32. The van der Waals surface area contributed by atoms with Gasteiger partial charge in [-0.1, -0.05) is 0 Å². The van der Waals surface area contributed by atoms with Gasteiger partial charge in [0.15, 0.2) is 0 Å². The number of nitrogens with one attached hydrogen (secondary N) is 1. The number of carbonyl (C=O) groups excluding carboxylic acids is 1. The first-order chi connectivity index (χ1) is 10.1. The zero-order valence-corrected chi connectivity index (χ0v) is 12.8. The third-order valence-electron chi connectivity index (χ3n) is 3.05. The Hall–Kier alpha value is -1.89. The third-order valence-corrected chi connectivity index (χ3v) is 3.65. The molecule has 0 fully saturated rings. The lowest BCUT2D eigenvalue weighted by Gasteiger charge is -2.07. The molecule has 0 saturated heterocycles. The number of hydrogen-bond donors (Lipinski definition) is 1. The van der Waals surface area contributed by atoms with Gasteiger partial charge in [0.25, 0.3) is 5.91 Å². The highest BCUT2D eigenvalue weighted by molar-refractivity contribution is 7.97. The molecular formula is C14H17FN4OS. The molecule has 5 nitrogen and oxygen atoms in total. The number of halogens is 1. The molecule has 0 radical (unpaired) electrons. The van der Waals surface area contributed by atoms with Gasteiger partial charge in [-0.15, -0.1) is 10.2 Å². The lowest BCUT2D eigenvalue weighted by atomic mass is 10.1. The van der Waals surface area contributed by atoms with Crippen molar-refractivity contribution in [2.24, 2.45) is 7.05 Å². The normalized spacial score (nSPS) is 10.6. The third kappa shape index (κ3) is 4.04. The summed E-state index contributed by atoms with van der Waals surface area (Å²) in [7, 11) is 1.85.